The molecule has 20 heavy (non-hydrogen) atoms. The van der Waals surface area contributed by atoms with Gasteiger partial charge in [-0.1, -0.05) is 37.3 Å². The molecule has 0 aromatic heterocycles. The summed E-state index contributed by atoms with van der Waals surface area (Å²) in [6.07, 6.45) is 10.3. The fourth-order valence-electron chi connectivity index (χ4n) is 5.63. The lowest BCUT2D eigenvalue weighted by atomic mass is 9.48. The summed E-state index contributed by atoms with van der Waals surface area (Å²) in [6.45, 7) is 9.00. The van der Waals surface area contributed by atoms with Gasteiger partial charge in [-0.3, -0.25) is 0 Å². The highest BCUT2D eigenvalue weighted by Gasteiger charge is 2.57. The molecule has 0 heterocycles. The van der Waals surface area contributed by atoms with Crippen molar-refractivity contribution in [1.29, 1.82) is 0 Å². The molecule has 4 bridgehead atoms. The van der Waals surface area contributed by atoms with E-state index >= 15 is 0 Å². The van der Waals surface area contributed by atoms with Crippen LogP contribution in [0.1, 0.15) is 65.7 Å². The Hall–Kier alpha value is 0.240. The topological polar surface area (TPSA) is 3.24 Å². The minimum Gasteiger partial charge on any atom is -0.358 e. The van der Waals surface area contributed by atoms with E-state index in [1.54, 1.807) is 0 Å². The van der Waals surface area contributed by atoms with Crippen molar-refractivity contribution in [2.24, 2.45) is 17.3 Å². The minimum absolute atomic E-state index is 0.500. The molecule has 0 unspecified atom stereocenters. The second-order valence-corrected chi connectivity index (χ2v) is 9.64. The Morgan fingerprint density at radius 2 is 1.70 bits per heavy atom. The smallest absolute Gasteiger partial charge is 0.136 e. The number of thiocarbonyl (C=S) groups is 1. The number of hydrogen-bond donors (Lipinski definition) is 0. The van der Waals surface area contributed by atoms with Crippen molar-refractivity contribution < 1.29 is 0 Å². The van der Waals surface area contributed by atoms with Crippen LogP contribution in [0.2, 0.25) is 0 Å². The molecule has 2 atom stereocenters. The summed E-state index contributed by atoms with van der Waals surface area (Å²) in [7, 11) is 0. The maximum atomic E-state index is 5.77. The van der Waals surface area contributed by atoms with Gasteiger partial charge in [0.2, 0.25) is 0 Å². The van der Waals surface area contributed by atoms with Crippen LogP contribution >= 0.6 is 24.0 Å². The Balaban J connectivity index is 1.77. The third kappa shape index (κ3) is 2.54. The molecule has 0 aromatic rings. The molecular weight excluding hydrogens is 282 g/mol. The molecule has 4 saturated carbocycles. The van der Waals surface area contributed by atoms with Crippen molar-refractivity contribution in [2.45, 2.75) is 70.5 Å². The van der Waals surface area contributed by atoms with E-state index in [2.05, 4.69) is 37.4 Å². The van der Waals surface area contributed by atoms with Gasteiger partial charge in [0.25, 0.3) is 0 Å². The highest BCUT2D eigenvalue weighted by molar-refractivity contribution is 8.23. The number of rotatable bonds is 4. The van der Waals surface area contributed by atoms with E-state index in [0.29, 0.717) is 10.2 Å². The van der Waals surface area contributed by atoms with Crippen molar-refractivity contribution in [2.75, 3.05) is 13.1 Å². The van der Waals surface area contributed by atoms with Crippen LogP contribution in [-0.2, 0) is 0 Å². The van der Waals surface area contributed by atoms with Crippen molar-refractivity contribution in [3.8, 4) is 0 Å². The van der Waals surface area contributed by atoms with Crippen LogP contribution < -0.4 is 0 Å². The van der Waals surface area contributed by atoms with Gasteiger partial charge in [-0.05, 0) is 69.6 Å². The molecule has 3 heteroatoms. The van der Waals surface area contributed by atoms with Crippen LogP contribution in [0.25, 0.3) is 0 Å². The highest BCUT2D eigenvalue weighted by Crippen LogP contribution is 2.66. The van der Waals surface area contributed by atoms with Gasteiger partial charge >= 0.3 is 0 Å². The van der Waals surface area contributed by atoms with Gasteiger partial charge in [0.15, 0.2) is 0 Å². The van der Waals surface area contributed by atoms with E-state index in [0.717, 1.165) is 24.9 Å². The summed E-state index contributed by atoms with van der Waals surface area (Å²) >= 11 is 7.86. The van der Waals surface area contributed by atoms with Crippen LogP contribution in [0.4, 0.5) is 0 Å². The van der Waals surface area contributed by atoms with E-state index in [1.807, 2.05) is 0 Å². The summed E-state index contributed by atoms with van der Waals surface area (Å²) in [4.78, 5) is 2.37. The fraction of sp³-hybridized carbons (Fsp3) is 0.941. The normalized spacial score (nSPS) is 42.0. The molecule has 0 aliphatic heterocycles. The Bertz CT molecular complexity index is 374. The predicted octanol–water partition coefficient (Wildman–Crippen LogP) is 5.10. The van der Waals surface area contributed by atoms with Crippen molar-refractivity contribution in [3.63, 3.8) is 0 Å². The zero-order chi connectivity index (χ0) is 14.4. The SMILES string of the molecule is CCN(CC)C(=S)SC12C[C@@H]3C[C@H](CC(CC)(C3)C1)C2. The number of nitrogens with zero attached hydrogens (tertiary/aromatic N) is 1. The fourth-order valence-corrected chi connectivity index (χ4v) is 8.19. The molecule has 0 N–H and O–H groups in total. The van der Waals surface area contributed by atoms with Crippen LogP contribution in [0, 0.1) is 17.3 Å². The van der Waals surface area contributed by atoms with Gasteiger partial charge in [0.1, 0.15) is 4.32 Å². The van der Waals surface area contributed by atoms with Gasteiger partial charge in [-0.25, -0.2) is 0 Å². The number of hydrogen-bond acceptors (Lipinski definition) is 2. The van der Waals surface area contributed by atoms with Crippen molar-refractivity contribution in [1.82, 2.24) is 4.90 Å². The van der Waals surface area contributed by atoms with Gasteiger partial charge in [-0.2, -0.15) is 0 Å². The Morgan fingerprint density at radius 1 is 1.10 bits per heavy atom. The second kappa shape index (κ2) is 5.46. The summed E-state index contributed by atoms with van der Waals surface area (Å²) in [5, 5.41) is 0. The molecule has 114 valence electrons. The second-order valence-electron chi connectivity index (χ2n) is 7.54. The van der Waals surface area contributed by atoms with Crippen molar-refractivity contribution >= 4 is 28.3 Å². The van der Waals surface area contributed by atoms with Crippen LogP contribution in [0.15, 0.2) is 0 Å². The Labute approximate surface area is 134 Å². The molecule has 0 aromatic carbocycles. The zero-order valence-electron chi connectivity index (χ0n) is 13.3. The average Bonchev–Trinajstić information content (AvgIpc) is 2.38. The third-order valence-corrected chi connectivity index (χ3v) is 8.06. The lowest BCUT2D eigenvalue weighted by molar-refractivity contribution is -0.0390. The first-order valence-electron chi connectivity index (χ1n) is 8.51. The first-order chi connectivity index (χ1) is 9.53. The van der Waals surface area contributed by atoms with E-state index in [-0.39, 0.29) is 0 Å². The monoisotopic (exact) mass is 311 g/mol. The first kappa shape index (κ1) is 15.1. The summed E-state index contributed by atoms with van der Waals surface area (Å²) < 4.78 is 1.67. The Morgan fingerprint density at radius 3 is 2.20 bits per heavy atom. The highest BCUT2D eigenvalue weighted by atomic mass is 32.2. The molecular formula is C17H29NS2. The van der Waals surface area contributed by atoms with Crippen molar-refractivity contribution in [3.05, 3.63) is 0 Å². The van der Waals surface area contributed by atoms with Crippen LogP contribution in [0.5, 0.6) is 0 Å². The molecule has 4 fully saturated rings. The summed E-state index contributed by atoms with van der Waals surface area (Å²) in [5.74, 6) is 2.01. The molecule has 0 saturated heterocycles. The van der Waals surface area contributed by atoms with E-state index < -0.39 is 0 Å². The molecule has 4 aliphatic carbocycles. The van der Waals surface area contributed by atoms with Gasteiger partial charge in [-0.15, -0.1) is 0 Å². The van der Waals surface area contributed by atoms with E-state index in [1.165, 1.54) is 49.3 Å². The largest absolute Gasteiger partial charge is 0.358 e. The minimum atomic E-state index is 0.500. The van der Waals surface area contributed by atoms with Crippen LogP contribution in [-0.4, -0.2) is 27.1 Å². The van der Waals surface area contributed by atoms with Gasteiger partial charge < -0.3 is 4.90 Å². The molecule has 0 spiro atoms. The predicted molar refractivity (Wildman–Crippen MR) is 93.2 cm³/mol. The standard InChI is InChI=1S/C17H29NS2/c1-4-16-8-13-7-14(9-16)11-17(10-13,12-16)20-15(19)18(5-2)6-3/h13-14H,4-12H2,1-3H3/t13-,14-,16?,17?/m1/s1. The Kier molecular flexibility index (Phi) is 4.14. The average molecular weight is 312 g/mol. The van der Waals surface area contributed by atoms with E-state index in [9.17, 15) is 0 Å². The number of thioether (sulfide) groups is 1. The first-order valence-corrected chi connectivity index (χ1v) is 9.74. The maximum Gasteiger partial charge on any atom is 0.136 e. The zero-order valence-corrected chi connectivity index (χ0v) is 14.9. The van der Waals surface area contributed by atoms with Gasteiger partial charge in [0.05, 0.1) is 0 Å². The van der Waals surface area contributed by atoms with E-state index in [4.69, 9.17) is 12.2 Å². The van der Waals surface area contributed by atoms with Gasteiger partial charge in [0, 0.05) is 17.8 Å². The summed E-state index contributed by atoms with van der Waals surface area (Å²) in [6, 6.07) is 0. The molecule has 4 aliphatic rings. The third-order valence-electron chi connectivity index (χ3n) is 6.20. The van der Waals surface area contributed by atoms with Crippen LogP contribution in [0.3, 0.4) is 0 Å². The maximum absolute atomic E-state index is 5.77. The lowest BCUT2D eigenvalue weighted by Gasteiger charge is -2.62. The quantitative estimate of drug-likeness (QED) is 0.665. The molecule has 4 rings (SSSR count). The lowest BCUT2D eigenvalue weighted by Crippen LogP contribution is -2.54. The summed E-state index contributed by atoms with van der Waals surface area (Å²) in [5.41, 5.74) is 0.677. The molecule has 1 nitrogen and oxygen atoms in total. The molecule has 0 radical (unpaired) electrons. The molecule has 0 amide bonds.